The van der Waals surface area contributed by atoms with Gasteiger partial charge in [0.25, 0.3) is 0 Å². The number of hydrogen-bond donors (Lipinski definition) is 0. The Morgan fingerprint density at radius 2 is 1.85 bits per heavy atom. The maximum absolute atomic E-state index is 2.32. The van der Waals surface area contributed by atoms with E-state index in [1.165, 1.54) is 11.3 Å². The van der Waals surface area contributed by atoms with Crippen molar-refractivity contribution in [3.05, 3.63) is 29.8 Å². The Labute approximate surface area is 81.4 Å². The van der Waals surface area contributed by atoms with Crippen LogP contribution in [0, 0.1) is 0 Å². The zero-order chi connectivity index (χ0) is 9.84. The lowest BCUT2D eigenvalue weighted by molar-refractivity contribution is 0.750. The number of nitrogens with zero attached hydrogens (tertiary/aromatic N) is 1. The molecule has 0 atom stereocenters. The Bertz CT molecular complexity index is 266. The molecule has 1 heteroatoms. The number of anilines is 1. The third-order valence-corrected chi connectivity index (χ3v) is 2.53. The predicted molar refractivity (Wildman–Crippen MR) is 59.4 cm³/mol. The molecule has 0 spiro atoms. The van der Waals surface area contributed by atoms with Crippen LogP contribution in [-0.2, 0) is 6.42 Å². The van der Waals surface area contributed by atoms with Gasteiger partial charge in [-0.2, -0.15) is 0 Å². The van der Waals surface area contributed by atoms with E-state index in [1.54, 1.807) is 0 Å². The van der Waals surface area contributed by atoms with Gasteiger partial charge in [0.2, 0.25) is 0 Å². The highest BCUT2D eigenvalue weighted by atomic mass is 15.1. The highest BCUT2D eigenvalue weighted by Gasteiger charge is 2.07. The second-order valence-electron chi connectivity index (χ2n) is 3.69. The molecule has 0 amide bonds. The summed E-state index contributed by atoms with van der Waals surface area (Å²) in [5.41, 5.74) is 2.79. The number of para-hydroxylation sites is 1. The van der Waals surface area contributed by atoms with Crippen molar-refractivity contribution < 1.29 is 0 Å². The first-order valence-corrected chi connectivity index (χ1v) is 4.97. The van der Waals surface area contributed by atoms with Gasteiger partial charge in [0.1, 0.15) is 0 Å². The molecule has 0 aliphatic carbocycles. The van der Waals surface area contributed by atoms with Crippen LogP contribution < -0.4 is 4.90 Å². The number of hydrogen-bond acceptors (Lipinski definition) is 1. The zero-order valence-electron chi connectivity index (χ0n) is 9.04. The Kier molecular flexibility index (Phi) is 3.35. The molecular formula is C12H19N. The number of rotatable bonds is 3. The van der Waals surface area contributed by atoms with Crippen LogP contribution >= 0.6 is 0 Å². The molecule has 0 aliphatic rings. The van der Waals surface area contributed by atoms with Crippen molar-refractivity contribution in [3.63, 3.8) is 0 Å². The third-order valence-electron chi connectivity index (χ3n) is 2.53. The monoisotopic (exact) mass is 177 g/mol. The van der Waals surface area contributed by atoms with E-state index in [-0.39, 0.29) is 0 Å². The Hall–Kier alpha value is -0.980. The van der Waals surface area contributed by atoms with Crippen LogP contribution in [0.2, 0.25) is 0 Å². The van der Waals surface area contributed by atoms with Crippen LogP contribution in [-0.4, -0.2) is 13.1 Å². The van der Waals surface area contributed by atoms with E-state index >= 15 is 0 Å². The lowest BCUT2D eigenvalue weighted by Crippen LogP contribution is -2.26. The van der Waals surface area contributed by atoms with E-state index in [9.17, 15) is 0 Å². The molecular weight excluding hydrogens is 158 g/mol. The number of aryl methyl sites for hydroxylation is 1. The van der Waals surface area contributed by atoms with Gasteiger partial charge < -0.3 is 4.90 Å². The molecule has 72 valence electrons. The lowest BCUT2D eigenvalue weighted by Gasteiger charge is -2.26. The quantitative estimate of drug-likeness (QED) is 0.685. The largest absolute Gasteiger partial charge is 0.372 e. The van der Waals surface area contributed by atoms with Gasteiger partial charge in [0.15, 0.2) is 0 Å². The van der Waals surface area contributed by atoms with Gasteiger partial charge in [-0.25, -0.2) is 0 Å². The number of benzene rings is 1. The molecule has 1 nitrogen and oxygen atoms in total. The Morgan fingerprint density at radius 3 is 2.38 bits per heavy atom. The summed E-state index contributed by atoms with van der Waals surface area (Å²) in [5.74, 6) is 0. The van der Waals surface area contributed by atoms with E-state index in [0.717, 1.165) is 6.42 Å². The van der Waals surface area contributed by atoms with E-state index < -0.39 is 0 Å². The van der Waals surface area contributed by atoms with Crippen molar-refractivity contribution in [2.24, 2.45) is 0 Å². The molecule has 0 bridgehead atoms. The van der Waals surface area contributed by atoms with Gasteiger partial charge in [-0.1, -0.05) is 25.1 Å². The first-order valence-electron chi connectivity index (χ1n) is 4.97. The lowest BCUT2D eigenvalue weighted by atomic mass is 10.1. The standard InChI is InChI=1S/C12H19N/c1-5-11-8-6-7-9-12(11)13(4)10(2)3/h6-10H,5H2,1-4H3. The average molecular weight is 177 g/mol. The highest BCUT2D eigenvalue weighted by molar-refractivity contribution is 5.53. The van der Waals surface area contributed by atoms with Gasteiger partial charge in [-0.3, -0.25) is 0 Å². The topological polar surface area (TPSA) is 3.24 Å². The maximum Gasteiger partial charge on any atom is 0.0398 e. The molecule has 0 unspecified atom stereocenters. The third kappa shape index (κ3) is 2.24. The molecule has 0 saturated heterocycles. The predicted octanol–water partition coefficient (Wildman–Crippen LogP) is 3.09. The molecule has 0 fully saturated rings. The first-order chi connectivity index (χ1) is 6.16. The summed E-state index contributed by atoms with van der Waals surface area (Å²) in [6.07, 6.45) is 1.10. The molecule has 13 heavy (non-hydrogen) atoms. The minimum atomic E-state index is 0.563. The van der Waals surface area contributed by atoms with Crippen LogP contribution in [0.3, 0.4) is 0 Å². The maximum atomic E-state index is 2.32. The van der Waals surface area contributed by atoms with E-state index in [2.05, 4.69) is 57.0 Å². The van der Waals surface area contributed by atoms with Crippen LogP contribution in [0.5, 0.6) is 0 Å². The normalized spacial score (nSPS) is 10.5. The van der Waals surface area contributed by atoms with Crippen molar-refractivity contribution >= 4 is 5.69 Å². The van der Waals surface area contributed by atoms with Crippen LogP contribution in [0.4, 0.5) is 5.69 Å². The molecule has 0 saturated carbocycles. The smallest absolute Gasteiger partial charge is 0.0398 e. The van der Waals surface area contributed by atoms with Gasteiger partial charge >= 0.3 is 0 Å². The minimum Gasteiger partial charge on any atom is -0.372 e. The summed E-state index contributed by atoms with van der Waals surface area (Å²) in [7, 11) is 2.15. The van der Waals surface area contributed by atoms with Gasteiger partial charge in [-0.15, -0.1) is 0 Å². The molecule has 1 rings (SSSR count). The van der Waals surface area contributed by atoms with E-state index in [1.807, 2.05) is 0 Å². The van der Waals surface area contributed by atoms with Crippen molar-refractivity contribution in [2.75, 3.05) is 11.9 Å². The fourth-order valence-corrected chi connectivity index (χ4v) is 1.43. The molecule has 0 radical (unpaired) electrons. The van der Waals surface area contributed by atoms with Crippen molar-refractivity contribution in [1.29, 1.82) is 0 Å². The highest BCUT2D eigenvalue weighted by Crippen LogP contribution is 2.20. The Morgan fingerprint density at radius 1 is 1.23 bits per heavy atom. The first kappa shape index (κ1) is 10.1. The van der Waals surface area contributed by atoms with Crippen LogP contribution in [0.15, 0.2) is 24.3 Å². The van der Waals surface area contributed by atoms with Crippen LogP contribution in [0.25, 0.3) is 0 Å². The summed E-state index contributed by atoms with van der Waals surface area (Å²) < 4.78 is 0. The van der Waals surface area contributed by atoms with Gasteiger partial charge in [0, 0.05) is 18.8 Å². The van der Waals surface area contributed by atoms with Crippen molar-refractivity contribution in [1.82, 2.24) is 0 Å². The summed E-state index contributed by atoms with van der Waals surface area (Å²) >= 11 is 0. The molecule has 0 aromatic heterocycles. The molecule has 1 aromatic rings. The summed E-state index contributed by atoms with van der Waals surface area (Å²) in [5, 5.41) is 0. The average Bonchev–Trinajstić information content (AvgIpc) is 2.16. The summed E-state index contributed by atoms with van der Waals surface area (Å²) in [6, 6.07) is 9.17. The fraction of sp³-hybridized carbons (Fsp3) is 0.500. The van der Waals surface area contributed by atoms with E-state index in [0.29, 0.717) is 6.04 Å². The molecule has 1 aromatic carbocycles. The molecule has 0 heterocycles. The Balaban J connectivity index is 2.98. The SMILES string of the molecule is CCc1ccccc1N(C)C(C)C. The second kappa shape index (κ2) is 4.31. The second-order valence-corrected chi connectivity index (χ2v) is 3.69. The minimum absolute atomic E-state index is 0.563. The van der Waals surface area contributed by atoms with Gasteiger partial charge in [-0.05, 0) is 31.9 Å². The molecule has 0 N–H and O–H groups in total. The van der Waals surface area contributed by atoms with Crippen LogP contribution in [0.1, 0.15) is 26.3 Å². The van der Waals surface area contributed by atoms with Gasteiger partial charge in [0.05, 0.1) is 0 Å². The van der Waals surface area contributed by atoms with E-state index in [4.69, 9.17) is 0 Å². The van der Waals surface area contributed by atoms with Crippen molar-refractivity contribution in [3.8, 4) is 0 Å². The van der Waals surface area contributed by atoms with Crippen molar-refractivity contribution in [2.45, 2.75) is 33.2 Å². The molecule has 0 aliphatic heterocycles. The summed E-state index contributed by atoms with van der Waals surface area (Å²) in [6.45, 7) is 6.63. The summed E-state index contributed by atoms with van der Waals surface area (Å²) in [4.78, 5) is 2.32. The fourth-order valence-electron chi connectivity index (χ4n) is 1.43. The zero-order valence-corrected chi connectivity index (χ0v) is 9.04.